The largest absolute Gasteiger partial charge is 0.398 e. The summed E-state index contributed by atoms with van der Waals surface area (Å²) < 4.78 is 7.34. The number of carbonyl (C=O) groups is 2. The van der Waals surface area contributed by atoms with Crippen LogP contribution in [-0.2, 0) is 14.3 Å². The lowest BCUT2D eigenvalue weighted by atomic mass is 9.60. The number of hydrogen-bond donors (Lipinski definition) is 2. The third-order valence-corrected chi connectivity index (χ3v) is 11.7. The summed E-state index contributed by atoms with van der Waals surface area (Å²) in [6.07, 6.45) is 8.74. The molecule has 3 saturated heterocycles. The van der Waals surface area contributed by atoms with Gasteiger partial charge in [-0.25, -0.2) is 0 Å². The number of ether oxygens (including phenoxy) is 1. The first-order valence-corrected chi connectivity index (χ1v) is 18.0. The van der Waals surface area contributed by atoms with Crippen molar-refractivity contribution in [3.8, 4) is 11.1 Å². The quantitative estimate of drug-likeness (QED) is 0.118. The van der Waals surface area contributed by atoms with E-state index >= 15 is 0 Å². The van der Waals surface area contributed by atoms with E-state index < -0.39 is 0 Å². The van der Waals surface area contributed by atoms with Gasteiger partial charge in [0.15, 0.2) is 5.82 Å². The number of aldehydes is 1. The summed E-state index contributed by atoms with van der Waals surface area (Å²) in [5.41, 5.74) is 9.98. The van der Waals surface area contributed by atoms with Gasteiger partial charge in [0.1, 0.15) is 12.9 Å². The van der Waals surface area contributed by atoms with Gasteiger partial charge in [-0.1, -0.05) is 29.8 Å². The number of piperidine rings is 1. The van der Waals surface area contributed by atoms with E-state index in [0.717, 1.165) is 88.3 Å². The fraction of sp³-hybridized carbons (Fsp3) is 0.611. The van der Waals surface area contributed by atoms with Crippen LogP contribution in [0.3, 0.4) is 0 Å². The molecular formula is C36H52Cl2N8O3. The molecule has 0 radical (unpaired) electrons. The molecule has 1 amide bonds. The summed E-state index contributed by atoms with van der Waals surface area (Å²) >= 11 is 13.3. The number of hydrogen-bond acceptors (Lipinski definition) is 9. The van der Waals surface area contributed by atoms with Crippen molar-refractivity contribution >= 4 is 53.1 Å². The van der Waals surface area contributed by atoms with Crippen molar-refractivity contribution in [2.75, 3.05) is 77.2 Å². The topological polar surface area (TPSA) is 124 Å². The second-order valence-electron chi connectivity index (χ2n) is 14.9. The Morgan fingerprint density at radius 3 is 2.51 bits per heavy atom. The number of likely N-dealkylation sites (N-methyl/N-ethyl adjacent to an activating group) is 2. The molecule has 1 atom stereocenters. The Balaban J connectivity index is 0.000000304. The van der Waals surface area contributed by atoms with E-state index in [-0.39, 0.29) is 29.5 Å². The lowest BCUT2D eigenvalue weighted by molar-refractivity contribution is -0.149. The molecule has 4 fully saturated rings. The van der Waals surface area contributed by atoms with Crippen LogP contribution in [-0.4, -0.2) is 121 Å². The van der Waals surface area contributed by atoms with E-state index in [0.29, 0.717) is 39.5 Å². The molecule has 268 valence electrons. The van der Waals surface area contributed by atoms with E-state index in [9.17, 15) is 9.59 Å². The van der Waals surface area contributed by atoms with Crippen LogP contribution in [0.1, 0.15) is 63.3 Å². The third kappa shape index (κ3) is 7.56. The van der Waals surface area contributed by atoms with Gasteiger partial charge in [-0.3, -0.25) is 14.4 Å². The van der Waals surface area contributed by atoms with Gasteiger partial charge in [-0.15, -0.1) is 0 Å². The minimum Gasteiger partial charge on any atom is -0.398 e. The molecule has 1 aromatic heterocycles. The summed E-state index contributed by atoms with van der Waals surface area (Å²) in [5.74, 6) is 0.880. The molecule has 11 nitrogen and oxygen atoms in total. The van der Waals surface area contributed by atoms with Crippen LogP contribution in [0.25, 0.3) is 11.1 Å². The Morgan fingerprint density at radius 2 is 1.88 bits per heavy atom. The number of nitrogen functional groups attached to an aromatic ring is 1. The van der Waals surface area contributed by atoms with Crippen LogP contribution in [0.15, 0.2) is 18.7 Å². The first-order valence-electron chi connectivity index (χ1n) is 17.2. The molecular weight excluding hydrogens is 663 g/mol. The van der Waals surface area contributed by atoms with E-state index in [1.165, 1.54) is 18.7 Å². The number of anilines is 2. The molecule has 6 rings (SSSR count). The fourth-order valence-electron chi connectivity index (χ4n) is 8.01. The first-order chi connectivity index (χ1) is 23.3. The number of halogens is 2. The lowest BCUT2D eigenvalue weighted by Gasteiger charge is -2.58. The molecule has 2 aromatic rings. The predicted octanol–water partition coefficient (Wildman–Crippen LogP) is 5.31. The van der Waals surface area contributed by atoms with Gasteiger partial charge < -0.3 is 35.4 Å². The Labute approximate surface area is 300 Å². The Morgan fingerprint density at radius 1 is 1.16 bits per heavy atom. The number of nitrogens with one attached hydrogen (secondary N) is 1. The predicted molar refractivity (Wildman–Crippen MR) is 198 cm³/mol. The number of carbonyl (C=O) groups excluding carboxylic acids is 2. The van der Waals surface area contributed by atoms with Gasteiger partial charge in [-0.2, -0.15) is 5.10 Å². The van der Waals surface area contributed by atoms with Gasteiger partial charge in [0.2, 0.25) is 5.91 Å². The third-order valence-electron chi connectivity index (χ3n) is 10.9. The van der Waals surface area contributed by atoms with Crippen molar-refractivity contribution in [1.29, 1.82) is 5.41 Å². The van der Waals surface area contributed by atoms with E-state index in [4.69, 9.17) is 44.2 Å². The number of nitrogens with zero attached hydrogens (tertiary/aromatic N) is 6. The molecule has 4 aliphatic rings. The van der Waals surface area contributed by atoms with Gasteiger partial charge in [-0.05, 0) is 79.1 Å². The minimum atomic E-state index is -0.0690. The van der Waals surface area contributed by atoms with Crippen molar-refractivity contribution in [3.05, 3.63) is 40.0 Å². The molecule has 1 aromatic carbocycles. The van der Waals surface area contributed by atoms with Crippen molar-refractivity contribution in [2.45, 2.75) is 70.5 Å². The fourth-order valence-corrected chi connectivity index (χ4v) is 8.47. The second kappa shape index (κ2) is 15.1. The summed E-state index contributed by atoms with van der Waals surface area (Å²) in [5, 5.41) is 14.1. The zero-order valence-electron chi connectivity index (χ0n) is 29.6. The molecule has 3 N–H and O–H groups in total. The Bertz CT molecular complexity index is 1560. The molecule has 3 aliphatic heterocycles. The molecule has 1 aliphatic carbocycles. The number of rotatable bonds is 9. The van der Waals surface area contributed by atoms with Gasteiger partial charge in [0, 0.05) is 90.6 Å². The number of aromatic nitrogens is 2. The highest BCUT2D eigenvalue weighted by atomic mass is 35.5. The van der Waals surface area contributed by atoms with Gasteiger partial charge in [0.05, 0.1) is 22.7 Å². The van der Waals surface area contributed by atoms with Crippen LogP contribution in [0, 0.1) is 17.7 Å². The summed E-state index contributed by atoms with van der Waals surface area (Å²) in [6.45, 7) is 16.7. The smallest absolute Gasteiger partial charge is 0.245 e. The molecule has 1 spiro atoms. The Kier molecular flexibility index (Phi) is 11.5. The maximum Gasteiger partial charge on any atom is 0.245 e. The highest BCUT2D eigenvalue weighted by Gasteiger charge is 2.54. The number of likely N-dealkylation sites (tertiary alicyclic amines) is 1. The number of amides is 1. The molecule has 49 heavy (non-hydrogen) atoms. The van der Waals surface area contributed by atoms with Gasteiger partial charge >= 0.3 is 0 Å². The average molecular weight is 716 g/mol. The highest BCUT2D eigenvalue weighted by Crippen LogP contribution is 2.56. The normalized spacial score (nSPS) is 22.1. The van der Waals surface area contributed by atoms with E-state index in [2.05, 4.69) is 60.8 Å². The van der Waals surface area contributed by atoms with Crippen LogP contribution in [0.5, 0.6) is 0 Å². The average Bonchev–Trinajstić information content (AvgIpc) is 3.34. The van der Waals surface area contributed by atoms with Crippen molar-refractivity contribution in [3.63, 3.8) is 0 Å². The summed E-state index contributed by atoms with van der Waals surface area (Å²) in [6, 6.07) is 2.28. The molecule has 1 saturated carbocycles. The zero-order valence-corrected chi connectivity index (χ0v) is 31.1. The van der Waals surface area contributed by atoms with Crippen molar-refractivity contribution < 1.29 is 14.3 Å². The number of nitrogens with two attached hydrogens (primary N) is 1. The molecule has 13 heteroatoms. The summed E-state index contributed by atoms with van der Waals surface area (Å²) in [7, 11) is 4.21. The first kappa shape index (κ1) is 37.3. The minimum absolute atomic E-state index is 0.00334. The van der Waals surface area contributed by atoms with Crippen LogP contribution in [0.2, 0.25) is 10.0 Å². The Hall–Kier alpha value is -2.96. The summed E-state index contributed by atoms with van der Waals surface area (Å²) in [4.78, 5) is 30.8. The highest BCUT2D eigenvalue weighted by molar-refractivity contribution is 6.44. The molecule has 1 unspecified atom stereocenters. The maximum absolute atomic E-state index is 11.9. The number of benzene rings is 1. The standard InChI is InChI=1S/C27H34Cl2N6O.C9H18N2O2/c1-5-21(36)33-14-27(15-33)11-17(12-27)35-16(2)22(23-18(13-30)20(31)10-19(28)24(23)29)25(32-35)34-9-7-6-8-26(34,3)4;1-10-3-4-11(2)9(7-10)8-13-6-5-12/h5,10,13,17,30H,1,6-9,11-12,14-15,31H2,2-4H3;5,9H,3-4,6-8H2,1-2H3. The lowest BCUT2D eigenvalue weighted by Crippen LogP contribution is -2.63. The van der Waals surface area contributed by atoms with Crippen LogP contribution < -0.4 is 10.6 Å². The van der Waals surface area contributed by atoms with Crippen LogP contribution >= 0.6 is 23.2 Å². The molecule has 0 bridgehead atoms. The second-order valence-corrected chi connectivity index (χ2v) is 15.7. The number of piperazine rings is 1. The van der Waals surface area contributed by atoms with Crippen molar-refractivity contribution in [2.24, 2.45) is 5.41 Å². The maximum atomic E-state index is 11.9. The molecule has 4 heterocycles. The van der Waals surface area contributed by atoms with Crippen LogP contribution in [0.4, 0.5) is 11.5 Å². The monoisotopic (exact) mass is 714 g/mol. The van der Waals surface area contributed by atoms with Gasteiger partial charge in [0.25, 0.3) is 0 Å². The van der Waals surface area contributed by atoms with Crippen molar-refractivity contribution in [1.82, 2.24) is 24.5 Å². The van der Waals surface area contributed by atoms with E-state index in [1.54, 1.807) is 6.07 Å². The van der Waals surface area contributed by atoms with E-state index in [1.807, 2.05) is 4.90 Å². The zero-order chi connectivity index (χ0) is 35.7. The SMILES string of the molecule is C=CC(=O)N1CC2(CC(n3nc(N4CCCCC4(C)C)c(-c4c(Cl)c(Cl)cc(N)c4C=N)c3C)C2)C1.CN1CCN(C)C(COCC=O)C1.